The van der Waals surface area contributed by atoms with E-state index >= 15 is 0 Å². The highest BCUT2D eigenvalue weighted by atomic mass is 79.9. The second kappa shape index (κ2) is 13.1. The molecule has 0 aromatic carbocycles. The molecule has 0 aliphatic carbocycles. The van der Waals surface area contributed by atoms with Crippen molar-refractivity contribution < 1.29 is 24.2 Å². The molecule has 110 valence electrons. The molecule has 0 rings (SSSR count). The number of amides is 1. The summed E-state index contributed by atoms with van der Waals surface area (Å²) in [7, 11) is 0. The molecule has 0 aromatic heterocycles. The molecule has 0 unspecified atom stereocenters. The molecular formula is C11H24BrNO5. The van der Waals surface area contributed by atoms with E-state index in [9.17, 15) is 4.79 Å². The molecule has 0 radical (unpaired) electrons. The Morgan fingerprint density at radius 2 is 1.78 bits per heavy atom. The summed E-state index contributed by atoms with van der Waals surface area (Å²) in [6.07, 6.45) is -0.831. The van der Waals surface area contributed by atoms with E-state index in [1.807, 2.05) is 6.92 Å². The number of carbonyl (C=O) groups excluding carboxylic acids is 1. The van der Waals surface area contributed by atoms with Gasteiger partial charge in [0.1, 0.15) is 5.60 Å². The molecule has 2 N–H and O–H groups in total. The van der Waals surface area contributed by atoms with E-state index in [1.165, 1.54) is 5.48 Å². The molecule has 0 heterocycles. The highest BCUT2D eigenvalue weighted by Crippen LogP contribution is 2.05. The monoisotopic (exact) mass is 329 g/mol. The predicted molar refractivity (Wildman–Crippen MR) is 72.3 cm³/mol. The molecule has 0 spiro atoms. The summed E-state index contributed by atoms with van der Waals surface area (Å²) in [6, 6.07) is 0. The van der Waals surface area contributed by atoms with Crippen LogP contribution in [0.25, 0.3) is 0 Å². The molecular weight excluding hydrogens is 306 g/mol. The number of carbonyl (C=O) groups is 1. The van der Waals surface area contributed by atoms with Crippen LogP contribution in [0.2, 0.25) is 0 Å². The Morgan fingerprint density at radius 3 is 2.11 bits per heavy atom. The molecule has 1 amide bonds. The first-order chi connectivity index (χ1) is 8.37. The molecule has 0 fully saturated rings. The number of hydrogen-bond donors (Lipinski definition) is 2. The molecule has 0 atom stereocenters. The van der Waals surface area contributed by atoms with Gasteiger partial charge in [-0.05, 0) is 27.7 Å². The van der Waals surface area contributed by atoms with Crippen LogP contribution in [0.1, 0.15) is 27.7 Å². The smallest absolute Gasteiger partial charge is 0.431 e. The number of hydrogen-bond acceptors (Lipinski definition) is 5. The van der Waals surface area contributed by atoms with Gasteiger partial charge < -0.3 is 14.2 Å². The lowest BCUT2D eigenvalue weighted by Crippen LogP contribution is -2.30. The van der Waals surface area contributed by atoms with Crippen LogP contribution >= 0.6 is 15.9 Å². The van der Waals surface area contributed by atoms with Gasteiger partial charge in [-0.15, -0.1) is 0 Å². The van der Waals surface area contributed by atoms with Crippen LogP contribution in [0.4, 0.5) is 4.79 Å². The number of hydroxylamine groups is 1. The topological polar surface area (TPSA) is 77.0 Å². The highest BCUT2D eigenvalue weighted by Gasteiger charge is 2.14. The molecule has 0 saturated carbocycles. The summed E-state index contributed by atoms with van der Waals surface area (Å²) in [6.45, 7) is 10.1. The van der Waals surface area contributed by atoms with Crippen LogP contribution in [0.15, 0.2) is 0 Å². The Hall–Kier alpha value is -0.370. The van der Waals surface area contributed by atoms with Gasteiger partial charge in [0.15, 0.2) is 0 Å². The fraction of sp³-hybridized carbons (Fsp3) is 0.909. The van der Waals surface area contributed by atoms with Gasteiger partial charge in [0.25, 0.3) is 0 Å². The van der Waals surface area contributed by atoms with Crippen molar-refractivity contribution in [2.24, 2.45) is 0 Å². The van der Waals surface area contributed by atoms with Gasteiger partial charge in [-0.3, -0.25) is 5.21 Å². The second-order valence-electron chi connectivity index (χ2n) is 4.11. The van der Waals surface area contributed by atoms with Crippen LogP contribution in [-0.4, -0.2) is 48.7 Å². The summed E-state index contributed by atoms with van der Waals surface area (Å²) in [5, 5.41) is 8.88. The Balaban J connectivity index is 0. The number of nitrogens with one attached hydrogen (secondary N) is 1. The number of halogens is 1. The number of ether oxygens (including phenoxy) is 3. The maximum atomic E-state index is 10.2. The standard InChI is InChI=1S/C6H13BrO2.C5H11NO3/c1-2-8-5-6-9-4-3-7;1-5(2,3)9-4(7)6-8/h2-6H2,1H3;8H,1-3H3,(H,6,7). The van der Waals surface area contributed by atoms with Gasteiger partial charge in [0.2, 0.25) is 0 Å². The third-order valence-corrected chi connectivity index (χ3v) is 1.61. The average molecular weight is 330 g/mol. The van der Waals surface area contributed by atoms with Crippen molar-refractivity contribution in [2.45, 2.75) is 33.3 Å². The van der Waals surface area contributed by atoms with E-state index in [2.05, 4.69) is 20.7 Å². The Labute approximate surface area is 117 Å². The SMILES string of the molecule is CC(C)(C)OC(=O)NO.CCOCCOCCBr. The molecule has 0 saturated heterocycles. The van der Waals surface area contributed by atoms with Crippen molar-refractivity contribution in [3.05, 3.63) is 0 Å². The molecule has 18 heavy (non-hydrogen) atoms. The second-order valence-corrected chi connectivity index (χ2v) is 4.90. The van der Waals surface area contributed by atoms with Crippen molar-refractivity contribution in [3.8, 4) is 0 Å². The van der Waals surface area contributed by atoms with Gasteiger partial charge in [0, 0.05) is 11.9 Å². The zero-order chi connectivity index (χ0) is 14.4. The molecule has 0 aromatic rings. The van der Waals surface area contributed by atoms with E-state index in [-0.39, 0.29) is 0 Å². The van der Waals surface area contributed by atoms with Crippen LogP contribution in [0.3, 0.4) is 0 Å². The van der Waals surface area contributed by atoms with E-state index in [4.69, 9.17) is 14.7 Å². The van der Waals surface area contributed by atoms with Crippen molar-refractivity contribution in [2.75, 3.05) is 31.8 Å². The lowest BCUT2D eigenvalue weighted by Gasteiger charge is -2.17. The zero-order valence-corrected chi connectivity index (χ0v) is 13.1. The van der Waals surface area contributed by atoms with E-state index in [0.29, 0.717) is 13.2 Å². The van der Waals surface area contributed by atoms with E-state index < -0.39 is 11.7 Å². The van der Waals surface area contributed by atoms with Gasteiger partial charge in [0.05, 0.1) is 19.8 Å². The van der Waals surface area contributed by atoms with Gasteiger partial charge in [-0.25, -0.2) is 10.3 Å². The minimum absolute atomic E-state index is 0.549. The van der Waals surface area contributed by atoms with Crippen molar-refractivity contribution >= 4 is 22.0 Å². The summed E-state index contributed by atoms with van der Waals surface area (Å²) in [5.41, 5.74) is 0.812. The summed E-state index contributed by atoms with van der Waals surface area (Å²) in [4.78, 5) is 10.2. The van der Waals surface area contributed by atoms with Crippen molar-refractivity contribution in [1.82, 2.24) is 5.48 Å². The fourth-order valence-corrected chi connectivity index (χ4v) is 0.949. The quantitative estimate of drug-likeness (QED) is 0.338. The maximum Gasteiger partial charge on any atom is 0.431 e. The zero-order valence-electron chi connectivity index (χ0n) is 11.5. The Bertz CT molecular complexity index is 190. The molecule has 0 bridgehead atoms. The number of rotatable bonds is 6. The first-order valence-corrected chi connectivity index (χ1v) is 6.84. The predicted octanol–water partition coefficient (Wildman–Crippen LogP) is 2.33. The van der Waals surface area contributed by atoms with Gasteiger partial charge in [-0.2, -0.15) is 0 Å². The highest BCUT2D eigenvalue weighted by molar-refractivity contribution is 9.09. The summed E-state index contributed by atoms with van der Waals surface area (Å²) in [5.74, 6) is 0. The van der Waals surface area contributed by atoms with Crippen LogP contribution in [0, 0.1) is 0 Å². The summed E-state index contributed by atoms with van der Waals surface area (Å²) >= 11 is 3.25. The molecule has 0 aliphatic rings. The van der Waals surface area contributed by atoms with E-state index in [0.717, 1.165) is 18.5 Å². The normalized spacial score (nSPS) is 10.3. The maximum absolute atomic E-state index is 10.2. The van der Waals surface area contributed by atoms with Crippen molar-refractivity contribution in [1.29, 1.82) is 0 Å². The lowest BCUT2D eigenvalue weighted by atomic mass is 10.2. The molecule has 6 nitrogen and oxygen atoms in total. The average Bonchev–Trinajstić information content (AvgIpc) is 2.27. The van der Waals surface area contributed by atoms with Gasteiger partial charge >= 0.3 is 6.09 Å². The third-order valence-electron chi connectivity index (χ3n) is 1.29. The molecule has 0 aliphatic heterocycles. The van der Waals surface area contributed by atoms with Gasteiger partial charge in [-0.1, -0.05) is 15.9 Å². The fourth-order valence-electron chi connectivity index (χ4n) is 0.720. The number of alkyl halides is 1. The largest absolute Gasteiger partial charge is 0.442 e. The summed E-state index contributed by atoms with van der Waals surface area (Å²) < 4.78 is 14.7. The van der Waals surface area contributed by atoms with E-state index in [1.54, 1.807) is 20.8 Å². The molecule has 7 heteroatoms. The van der Waals surface area contributed by atoms with Crippen molar-refractivity contribution in [3.63, 3.8) is 0 Å². The van der Waals surface area contributed by atoms with Crippen LogP contribution < -0.4 is 5.48 Å². The third kappa shape index (κ3) is 21.0. The Morgan fingerprint density at radius 1 is 1.22 bits per heavy atom. The van der Waals surface area contributed by atoms with Crippen LogP contribution in [-0.2, 0) is 14.2 Å². The minimum atomic E-state index is -0.831. The minimum Gasteiger partial charge on any atom is -0.442 e. The lowest BCUT2D eigenvalue weighted by molar-refractivity contribution is 0.0229. The first kappa shape index (κ1) is 20.0. The Kier molecular flexibility index (Phi) is 14.5. The van der Waals surface area contributed by atoms with Crippen LogP contribution in [0.5, 0.6) is 0 Å². The first-order valence-electron chi connectivity index (χ1n) is 5.72.